The first-order chi connectivity index (χ1) is 13.4. The fourth-order valence-electron chi connectivity index (χ4n) is 2.94. The van der Waals surface area contributed by atoms with Crippen LogP contribution in [0, 0.1) is 13.8 Å². The molecule has 4 rings (SSSR count). The van der Waals surface area contributed by atoms with E-state index in [0.29, 0.717) is 21.8 Å². The van der Waals surface area contributed by atoms with Crippen molar-refractivity contribution in [3.8, 4) is 11.3 Å². The van der Waals surface area contributed by atoms with Crippen LogP contribution in [0.15, 0.2) is 53.3 Å². The zero-order chi connectivity index (χ0) is 19.8. The molecule has 0 amide bonds. The van der Waals surface area contributed by atoms with Gasteiger partial charge < -0.3 is 0 Å². The molecule has 0 N–H and O–H groups in total. The van der Waals surface area contributed by atoms with Crippen molar-refractivity contribution in [2.45, 2.75) is 20.4 Å². The van der Waals surface area contributed by atoms with Crippen LogP contribution in [0.1, 0.15) is 20.9 Å². The molecule has 0 aliphatic rings. The number of halogens is 1. The predicted molar refractivity (Wildman–Crippen MR) is 112 cm³/mol. The molecule has 7 heteroatoms. The number of fused-ring (bicyclic) bond motifs is 1. The molecule has 2 aromatic carbocycles. The van der Waals surface area contributed by atoms with Crippen LogP contribution >= 0.6 is 22.9 Å². The number of nitrogens with zero attached hydrogens (tertiary/aromatic N) is 3. The molecule has 140 valence electrons. The Morgan fingerprint density at radius 3 is 2.43 bits per heavy atom. The first-order valence-corrected chi connectivity index (χ1v) is 9.86. The number of rotatable bonds is 4. The molecule has 2 heterocycles. The largest absolute Gasteiger partial charge is 0.294 e. The van der Waals surface area contributed by atoms with Crippen LogP contribution < -0.4 is 5.56 Å². The van der Waals surface area contributed by atoms with Crippen molar-refractivity contribution in [1.82, 2.24) is 14.8 Å². The third kappa shape index (κ3) is 3.48. The number of benzene rings is 2. The molecule has 4 aromatic rings. The summed E-state index contributed by atoms with van der Waals surface area (Å²) in [5.41, 5.74) is 3.13. The molecule has 2 aromatic heterocycles. The van der Waals surface area contributed by atoms with Gasteiger partial charge in [-0.3, -0.25) is 9.59 Å². The number of carbonyl (C=O) groups excluding carboxylic acids is 1. The Morgan fingerprint density at radius 1 is 1.07 bits per heavy atom. The van der Waals surface area contributed by atoms with E-state index in [9.17, 15) is 9.59 Å². The van der Waals surface area contributed by atoms with Gasteiger partial charge in [0, 0.05) is 16.1 Å². The fourth-order valence-corrected chi connectivity index (χ4v) is 3.98. The molecule has 0 fully saturated rings. The van der Waals surface area contributed by atoms with E-state index in [-0.39, 0.29) is 17.9 Å². The standard InChI is InChI=1S/C21H16ClN3O2S/c1-12-3-5-15(6-4-12)18-20-19(23-13(2)28-20)21(27)25(24-18)11-17(26)14-7-9-16(22)10-8-14/h3-10H,11H2,1-2H3. The summed E-state index contributed by atoms with van der Waals surface area (Å²) in [7, 11) is 0. The SMILES string of the molecule is Cc1ccc(-c2nn(CC(=O)c3ccc(Cl)cc3)c(=O)c3nc(C)sc23)cc1. The molecule has 0 spiro atoms. The normalized spacial score (nSPS) is 11.1. The van der Waals surface area contributed by atoms with Gasteiger partial charge >= 0.3 is 0 Å². The lowest BCUT2D eigenvalue weighted by molar-refractivity contribution is 0.0966. The Hall–Kier alpha value is -2.83. The summed E-state index contributed by atoms with van der Waals surface area (Å²) in [6.07, 6.45) is 0. The average Bonchev–Trinajstić information content (AvgIpc) is 3.07. The molecular weight excluding hydrogens is 394 g/mol. The van der Waals surface area contributed by atoms with E-state index in [0.717, 1.165) is 20.8 Å². The lowest BCUT2D eigenvalue weighted by Crippen LogP contribution is -2.27. The predicted octanol–water partition coefficient (Wildman–Crippen LogP) is 4.67. The van der Waals surface area contributed by atoms with Crippen LogP contribution in [0.4, 0.5) is 0 Å². The molecule has 0 radical (unpaired) electrons. The fraction of sp³-hybridized carbons (Fsp3) is 0.143. The molecule has 0 aliphatic carbocycles. The zero-order valence-corrected chi connectivity index (χ0v) is 16.8. The van der Waals surface area contributed by atoms with Crippen LogP contribution in [0.5, 0.6) is 0 Å². The van der Waals surface area contributed by atoms with Gasteiger partial charge in [-0.2, -0.15) is 5.10 Å². The summed E-state index contributed by atoms with van der Waals surface area (Å²) in [6.45, 7) is 3.70. The molecule has 0 atom stereocenters. The second kappa shape index (κ2) is 7.30. The van der Waals surface area contributed by atoms with E-state index < -0.39 is 0 Å². The van der Waals surface area contributed by atoms with Gasteiger partial charge in [0.25, 0.3) is 5.56 Å². The molecule has 28 heavy (non-hydrogen) atoms. The van der Waals surface area contributed by atoms with Crippen LogP contribution in [0.2, 0.25) is 5.02 Å². The summed E-state index contributed by atoms with van der Waals surface area (Å²) < 4.78 is 1.94. The molecule has 0 saturated carbocycles. The summed E-state index contributed by atoms with van der Waals surface area (Å²) in [6, 6.07) is 14.5. The van der Waals surface area contributed by atoms with Gasteiger partial charge in [-0.25, -0.2) is 9.67 Å². The van der Waals surface area contributed by atoms with Crippen molar-refractivity contribution in [3.05, 3.63) is 80.0 Å². The number of ketones is 1. The smallest absolute Gasteiger partial charge is 0.292 e. The maximum Gasteiger partial charge on any atom is 0.294 e. The van der Waals surface area contributed by atoms with Crippen LogP contribution in [-0.4, -0.2) is 20.5 Å². The van der Waals surface area contributed by atoms with Crippen molar-refractivity contribution in [2.24, 2.45) is 0 Å². The lowest BCUT2D eigenvalue weighted by Gasteiger charge is -2.09. The van der Waals surface area contributed by atoms with E-state index in [1.807, 2.05) is 38.1 Å². The first-order valence-electron chi connectivity index (χ1n) is 8.66. The van der Waals surface area contributed by atoms with Crippen molar-refractivity contribution in [1.29, 1.82) is 0 Å². The molecule has 0 bridgehead atoms. The van der Waals surface area contributed by atoms with Gasteiger partial charge in [-0.05, 0) is 38.1 Å². The Kier molecular flexibility index (Phi) is 4.83. The lowest BCUT2D eigenvalue weighted by atomic mass is 10.1. The van der Waals surface area contributed by atoms with E-state index in [1.165, 1.54) is 16.0 Å². The second-order valence-electron chi connectivity index (χ2n) is 6.52. The van der Waals surface area contributed by atoms with Crippen LogP contribution in [0.25, 0.3) is 21.5 Å². The van der Waals surface area contributed by atoms with Crippen molar-refractivity contribution < 1.29 is 4.79 Å². The van der Waals surface area contributed by atoms with Crippen molar-refractivity contribution in [3.63, 3.8) is 0 Å². The molecule has 0 aliphatic heterocycles. The monoisotopic (exact) mass is 409 g/mol. The van der Waals surface area contributed by atoms with Gasteiger partial charge in [-0.15, -0.1) is 11.3 Å². The van der Waals surface area contributed by atoms with E-state index >= 15 is 0 Å². The highest BCUT2D eigenvalue weighted by Crippen LogP contribution is 2.29. The average molecular weight is 410 g/mol. The van der Waals surface area contributed by atoms with E-state index in [4.69, 9.17) is 11.6 Å². The Morgan fingerprint density at radius 2 is 1.75 bits per heavy atom. The van der Waals surface area contributed by atoms with Gasteiger partial charge in [0.1, 0.15) is 12.2 Å². The second-order valence-corrected chi connectivity index (χ2v) is 8.16. The number of Topliss-reactive ketones (excluding diaryl/α,β-unsaturated/α-hetero) is 1. The zero-order valence-electron chi connectivity index (χ0n) is 15.3. The quantitative estimate of drug-likeness (QED) is 0.459. The molecule has 0 unspecified atom stereocenters. The minimum Gasteiger partial charge on any atom is -0.292 e. The molecule has 5 nitrogen and oxygen atoms in total. The van der Waals surface area contributed by atoms with Crippen LogP contribution in [-0.2, 0) is 6.54 Å². The highest BCUT2D eigenvalue weighted by atomic mass is 35.5. The van der Waals surface area contributed by atoms with Gasteiger partial charge in [-0.1, -0.05) is 41.4 Å². The third-order valence-corrected chi connectivity index (χ3v) is 5.62. The van der Waals surface area contributed by atoms with E-state index in [1.54, 1.807) is 24.3 Å². The first kappa shape index (κ1) is 18.5. The van der Waals surface area contributed by atoms with Gasteiger partial charge in [0.2, 0.25) is 0 Å². The number of carbonyl (C=O) groups is 1. The summed E-state index contributed by atoms with van der Waals surface area (Å²) in [5.74, 6) is -0.215. The molecule has 0 saturated heterocycles. The van der Waals surface area contributed by atoms with Crippen molar-refractivity contribution >= 4 is 38.9 Å². The Balaban J connectivity index is 1.83. The maximum atomic E-state index is 12.9. The number of aryl methyl sites for hydroxylation is 2. The minimum atomic E-state index is -0.363. The molecular formula is C21H16ClN3O2S. The summed E-state index contributed by atoms with van der Waals surface area (Å²) in [5, 5.41) is 5.85. The minimum absolute atomic E-state index is 0.161. The Labute approximate surface area is 170 Å². The van der Waals surface area contributed by atoms with Gasteiger partial charge in [0.15, 0.2) is 11.3 Å². The van der Waals surface area contributed by atoms with Crippen LogP contribution in [0.3, 0.4) is 0 Å². The number of aromatic nitrogens is 3. The number of thiazole rings is 1. The van der Waals surface area contributed by atoms with Crippen molar-refractivity contribution in [2.75, 3.05) is 0 Å². The third-order valence-electron chi connectivity index (χ3n) is 4.39. The van der Waals surface area contributed by atoms with Gasteiger partial charge in [0.05, 0.1) is 9.71 Å². The highest BCUT2D eigenvalue weighted by molar-refractivity contribution is 7.19. The number of hydrogen-bond donors (Lipinski definition) is 0. The highest BCUT2D eigenvalue weighted by Gasteiger charge is 2.18. The summed E-state index contributed by atoms with van der Waals surface area (Å²) in [4.78, 5) is 29.9. The maximum absolute atomic E-state index is 12.9. The Bertz CT molecular complexity index is 1240. The summed E-state index contributed by atoms with van der Waals surface area (Å²) >= 11 is 7.31. The topological polar surface area (TPSA) is 64.8 Å². The number of hydrogen-bond acceptors (Lipinski definition) is 5. The van der Waals surface area contributed by atoms with E-state index in [2.05, 4.69) is 10.1 Å².